The van der Waals surface area contributed by atoms with E-state index >= 15 is 0 Å². The van der Waals surface area contributed by atoms with Crippen LogP contribution in [0.25, 0.3) is 0 Å². The van der Waals surface area contributed by atoms with Crippen molar-refractivity contribution >= 4 is 27.9 Å². The third-order valence-corrected chi connectivity index (χ3v) is 22.0. The molecule has 0 atom stereocenters. The van der Waals surface area contributed by atoms with E-state index in [0.29, 0.717) is 5.56 Å². The van der Waals surface area contributed by atoms with Gasteiger partial charge >= 0.3 is 189 Å². The molecule has 30 heavy (non-hydrogen) atoms. The maximum atomic E-state index is 11.6. The number of carbonyl (C=O) groups excluding carboxylic acids is 1. The summed E-state index contributed by atoms with van der Waals surface area (Å²) in [6.07, 6.45) is 9.06. The van der Waals surface area contributed by atoms with Crippen LogP contribution >= 0.6 is 0 Å². The van der Waals surface area contributed by atoms with Crippen molar-refractivity contribution in [1.29, 1.82) is 0 Å². The van der Waals surface area contributed by atoms with Crippen LogP contribution in [0.1, 0.15) is 80.8 Å². The van der Waals surface area contributed by atoms with E-state index < -0.39 is 18.4 Å². The van der Waals surface area contributed by atoms with Gasteiger partial charge in [-0.25, -0.2) is 0 Å². The van der Waals surface area contributed by atoms with Gasteiger partial charge in [-0.1, -0.05) is 0 Å². The Morgan fingerprint density at radius 1 is 0.733 bits per heavy atom. The average Bonchev–Trinajstić information content (AvgIpc) is 2.79. The van der Waals surface area contributed by atoms with Gasteiger partial charge in [-0.3, -0.25) is 0 Å². The number of hydrogen-bond donors (Lipinski definition) is 0. The van der Waals surface area contributed by atoms with Crippen LogP contribution in [-0.2, 0) is 11.2 Å². The molecule has 0 aromatic heterocycles. The first-order valence-electron chi connectivity index (χ1n) is 11.8. The van der Waals surface area contributed by atoms with Crippen molar-refractivity contribution in [2.75, 3.05) is 7.11 Å². The van der Waals surface area contributed by atoms with Gasteiger partial charge in [0.1, 0.15) is 0 Å². The summed E-state index contributed by atoms with van der Waals surface area (Å²) < 4.78 is 11.1. The van der Waals surface area contributed by atoms with Crippen molar-refractivity contribution in [3.8, 4) is 0 Å². The molecule has 0 saturated carbocycles. The summed E-state index contributed by atoms with van der Waals surface area (Å²) in [7, 11) is 1.42. The summed E-state index contributed by atoms with van der Waals surface area (Å²) in [6, 6.07) is 17.5. The number of ether oxygens (including phenoxy) is 1. The molecule has 0 saturated heterocycles. The Morgan fingerprint density at radius 3 is 1.57 bits per heavy atom. The summed E-state index contributed by atoms with van der Waals surface area (Å²) in [5.41, 5.74) is 3.19. The molecule has 0 aliphatic heterocycles. The van der Waals surface area contributed by atoms with Gasteiger partial charge in [-0.15, -0.1) is 0 Å². The zero-order valence-electron chi connectivity index (χ0n) is 19.5. The van der Waals surface area contributed by atoms with Crippen LogP contribution in [-0.4, -0.2) is 31.5 Å². The van der Waals surface area contributed by atoms with E-state index in [-0.39, 0.29) is 5.97 Å². The number of carbonyl (C=O) groups is 1. The van der Waals surface area contributed by atoms with Crippen LogP contribution in [0.2, 0.25) is 13.3 Å². The van der Waals surface area contributed by atoms with Gasteiger partial charge in [0.2, 0.25) is 0 Å². The van der Waals surface area contributed by atoms with Gasteiger partial charge in [0, 0.05) is 0 Å². The fourth-order valence-corrected chi connectivity index (χ4v) is 20.4. The SMILES string of the molecule is CCC[CH2][Sn]([CH2]CCC)([CH2]CCC)[c]1ccc(Cc2ccc(C(=O)OC)cc2)cc1. The second-order valence-corrected chi connectivity index (χ2v) is 21.9. The van der Waals surface area contributed by atoms with Gasteiger partial charge in [0.25, 0.3) is 0 Å². The molecule has 2 aromatic carbocycles. The Hall–Kier alpha value is -1.29. The van der Waals surface area contributed by atoms with E-state index in [9.17, 15) is 4.79 Å². The molecule has 3 heteroatoms. The average molecular weight is 515 g/mol. The molecule has 0 aliphatic rings. The number of esters is 1. The van der Waals surface area contributed by atoms with Crippen LogP contribution in [0.4, 0.5) is 0 Å². The van der Waals surface area contributed by atoms with Crippen molar-refractivity contribution in [2.24, 2.45) is 0 Å². The van der Waals surface area contributed by atoms with E-state index in [1.54, 1.807) is 3.58 Å². The third kappa shape index (κ3) is 7.14. The predicted molar refractivity (Wildman–Crippen MR) is 132 cm³/mol. The molecule has 0 heterocycles. The van der Waals surface area contributed by atoms with E-state index in [1.165, 1.54) is 70.1 Å². The second kappa shape index (κ2) is 13.2. The minimum atomic E-state index is -2.33. The minimum absolute atomic E-state index is 0.277. The zero-order valence-corrected chi connectivity index (χ0v) is 22.4. The molecule has 0 radical (unpaired) electrons. The summed E-state index contributed by atoms with van der Waals surface area (Å²) in [4.78, 5) is 11.6. The fraction of sp³-hybridized carbons (Fsp3) is 0.519. The Labute approximate surface area is 188 Å². The molecule has 0 bridgehead atoms. The first kappa shape index (κ1) is 25.0. The normalized spacial score (nSPS) is 11.5. The monoisotopic (exact) mass is 516 g/mol. The summed E-state index contributed by atoms with van der Waals surface area (Å²) in [6.45, 7) is 7.01. The Bertz CT molecular complexity index is 728. The van der Waals surface area contributed by atoms with Crippen molar-refractivity contribution in [3.05, 3.63) is 65.2 Å². The second-order valence-electron chi connectivity index (χ2n) is 8.65. The predicted octanol–water partition coefficient (Wildman–Crippen LogP) is 7.12. The van der Waals surface area contributed by atoms with Crippen molar-refractivity contribution in [1.82, 2.24) is 0 Å². The van der Waals surface area contributed by atoms with Gasteiger partial charge in [-0.2, -0.15) is 0 Å². The van der Waals surface area contributed by atoms with E-state index in [1.807, 2.05) is 24.3 Å². The zero-order chi connectivity index (χ0) is 21.8. The molecular weight excluding hydrogens is 475 g/mol. The van der Waals surface area contributed by atoms with E-state index in [0.717, 1.165) is 6.42 Å². The van der Waals surface area contributed by atoms with Gasteiger partial charge in [-0.05, 0) is 0 Å². The number of unbranched alkanes of at least 4 members (excludes halogenated alkanes) is 3. The van der Waals surface area contributed by atoms with Gasteiger partial charge < -0.3 is 0 Å². The first-order valence-corrected chi connectivity index (χ1v) is 19.3. The third-order valence-electron chi connectivity index (χ3n) is 6.38. The van der Waals surface area contributed by atoms with Gasteiger partial charge in [0.05, 0.1) is 0 Å². The number of methoxy groups -OCH3 is 1. The molecule has 0 amide bonds. The van der Waals surface area contributed by atoms with Crippen molar-refractivity contribution in [3.63, 3.8) is 0 Å². The molecule has 2 rings (SSSR count). The molecule has 0 fully saturated rings. The number of benzene rings is 2. The fourth-order valence-electron chi connectivity index (χ4n) is 4.44. The molecule has 164 valence electrons. The van der Waals surface area contributed by atoms with Crippen LogP contribution in [0.3, 0.4) is 0 Å². The maximum absolute atomic E-state index is 11.6. The topological polar surface area (TPSA) is 26.3 Å². The van der Waals surface area contributed by atoms with Crippen LogP contribution in [0, 0.1) is 0 Å². The van der Waals surface area contributed by atoms with Crippen molar-refractivity contribution in [2.45, 2.75) is 79.0 Å². The summed E-state index contributed by atoms with van der Waals surface area (Å²) in [5.74, 6) is -0.277. The summed E-state index contributed by atoms with van der Waals surface area (Å²) >= 11 is -2.33. The van der Waals surface area contributed by atoms with Gasteiger partial charge in [0.15, 0.2) is 0 Å². The molecular formula is C27H40O2Sn. The first-order chi connectivity index (χ1) is 14.6. The summed E-state index contributed by atoms with van der Waals surface area (Å²) in [5, 5.41) is 0. The molecule has 0 N–H and O–H groups in total. The van der Waals surface area contributed by atoms with Crippen LogP contribution < -0.4 is 3.58 Å². The quantitative estimate of drug-likeness (QED) is 0.210. The Kier molecular flexibility index (Phi) is 11.0. The number of rotatable bonds is 13. The van der Waals surface area contributed by atoms with E-state index in [2.05, 4.69) is 45.0 Å². The molecule has 0 spiro atoms. The standard InChI is InChI=1S/C15H13O2.3C4H9.Sn/c1-17-15(16)14-9-7-13(8-10-14)11-12-5-3-2-4-6-12;3*1-3-4-2;/h3-10H,11H2,1H3;3*1,3-4H2,2H3;. The number of hydrogen-bond acceptors (Lipinski definition) is 2. The van der Waals surface area contributed by atoms with Crippen LogP contribution in [0.5, 0.6) is 0 Å². The molecule has 0 unspecified atom stereocenters. The molecule has 2 aromatic rings. The van der Waals surface area contributed by atoms with Crippen molar-refractivity contribution < 1.29 is 9.53 Å². The molecule has 2 nitrogen and oxygen atoms in total. The molecule has 0 aliphatic carbocycles. The Balaban J connectivity index is 2.18. The Morgan fingerprint density at radius 2 is 1.17 bits per heavy atom. The van der Waals surface area contributed by atoms with E-state index in [4.69, 9.17) is 4.74 Å². The van der Waals surface area contributed by atoms with Crippen LogP contribution in [0.15, 0.2) is 48.5 Å².